The number of aromatic amines is 3. The Labute approximate surface area is 742 Å². The van der Waals surface area contributed by atoms with E-state index in [1.54, 1.807) is 118 Å². The number of guanidine groups is 1. The summed E-state index contributed by atoms with van der Waals surface area (Å²) in [6.07, 6.45) is 7.52. The number of hydrogen-bond donors (Lipinski definition) is 19. The number of aliphatic hydroxyl groups excluding tert-OH is 1. The lowest BCUT2D eigenvalue weighted by Gasteiger charge is -2.32. The summed E-state index contributed by atoms with van der Waals surface area (Å²) in [5.74, 6) is -17.5. The Balaban J connectivity index is 1.15. The van der Waals surface area contributed by atoms with Crippen LogP contribution in [0.25, 0.3) is 21.8 Å². The maximum absolute atomic E-state index is 15.4. The Morgan fingerprint density at radius 1 is 0.578 bits per heavy atom. The van der Waals surface area contributed by atoms with Gasteiger partial charge in [0.05, 0.1) is 44.7 Å². The number of primary amides is 2. The van der Waals surface area contributed by atoms with Gasteiger partial charge in [-0.15, -0.1) is 11.8 Å². The van der Waals surface area contributed by atoms with Crippen LogP contribution in [0.5, 0.6) is 0 Å². The lowest BCUT2D eigenvalue weighted by Crippen LogP contribution is -2.60. The highest BCUT2D eigenvalue weighted by Crippen LogP contribution is 2.25. The number of imidazole rings is 1. The third-order valence-corrected chi connectivity index (χ3v) is 22.6. The minimum atomic E-state index is -1.86. The zero-order valence-corrected chi connectivity index (χ0v) is 73.4. The number of carbonyl (C=O) groups is 17. The number of aliphatic hydroxyl groups is 1. The smallest absolute Gasteiger partial charge is 0.249 e. The fraction of sp³-hybridized carbons (Fsp3) is 0.471. The molecular weight excluding hydrogens is 1680 g/mol. The predicted molar refractivity (Wildman–Crippen MR) is 471 cm³/mol. The molecule has 43 heteroatoms. The summed E-state index contributed by atoms with van der Waals surface area (Å²) in [6, 6.07) is 3.93. The van der Waals surface area contributed by atoms with Crippen LogP contribution >= 0.6 is 11.8 Å². The highest BCUT2D eigenvalue weighted by molar-refractivity contribution is 8.00. The van der Waals surface area contributed by atoms with Gasteiger partial charge in [-0.25, -0.2) is 4.98 Å². The van der Waals surface area contributed by atoms with Gasteiger partial charge in [-0.3, -0.25) is 86.9 Å². The molecule has 0 aliphatic carbocycles. The van der Waals surface area contributed by atoms with Crippen LogP contribution in [0.3, 0.4) is 0 Å². The third-order valence-electron chi connectivity index (χ3n) is 21.6. The quantitative estimate of drug-likeness (QED) is 0.0134. The summed E-state index contributed by atoms with van der Waals surface area (Å²) in [7, 11) is 5.04. The van der Waals surface area contributed by atoms with Gasteiger partial charge in [0.1, 0.15) is 72.5 Å². The maximum Gasteiger partial charge on any atom is 0.249 e. The summed E-state index contributed by atoms with van der Waals surface area (Å²) in [6.45, 7) is 3.15. The number of H-pyrrole nitrogens is 3. The Bertz CT molecular complexity index is 5000. The minimum Gasteiger partial charge on any atom is -0.394 e. The number of thioether (sulfide) groups is 1. The normalized spacial score (nSPS) is 23.3. The van der Waals surface area contributed by atoms with E-state index in [0.717, 1.165) is 36.3 Å². The number of allylic oxidation sites excluding steroid dienone is 1. The van der Waals surface area contributed by atoms with Crippen molar-refractivity contribution in [1.29, 1.82) is 5.41 Å². The van der Waals surface area contributed by atoms with E-state index in [-0.39, 0.29) is 76.8 Å². The van der Waals surface area contributed by atoms with Crippen LogP contribution in [0.4, 0.5) is 0 Å². The molecule has 3 aromatic heterocycles. The van der Waals surface area contributed by atoms with Gasteiger partial charge in [-0.1, -0.05) is 99.7 Å². The molecular formula is C85H116N24O18S. The second kappa shape index (κ2) is 48.1. The highest BCUT2D eigenvalue weighted by atomic mass is 32.2. The van der Waals surface area contributed by atoms with Gasteiger partial charge in [0, 0.05) is 119 Å². The van der Waals surface area contributed by atoms with Crippen LogP contribution < -0.4 is 75.7 Å². The Kier molecular flexibility index (Phi) is 37.5. The molecule has 128 heavy (non-hydrogen) atoms. The molecule has 0 bridgehead atoms. The van der Waals surface area contributed by atoms with Crippen molar-refractivity contribution in [2.24, 2.45) is 23.1 Å². The van der Waals surface area contributed by atoms with E-state index in [1.807, 2.05) is 0 Å². The first kappa shape index (κ1) is 99.7. The predicted octanol–water partition coefficient (Wildman–Crippen LogP) is -3.92. The molecule has 3 aromatic carbocycles. The first-order chi connectivity index (χ1) is 60.9. The summed E-state index contributed by atoms with van der Waals surface area (Å²) in [5.41, 5.74) is 19.8. The summed E-state index contributed by atoms with van der Waals surface area (Å²) >= 11 is 0.780. The number of aromatic nitrogens is 4. The zero-order chi connectivity index (χ0) is 93.6. The van der Waals surface area contributed by atoms with E-state index in [2.05, 4.69) is 78.4 Å². The van der Waals surface area contributed by atoms with Gasteiger partial charge in [0.2, 0.25) is 100 Å². The van der Waals surface area contributed by atoms with E-state index in [9.17, 15) is 81.8 Å². The van der Waals surface area contributed by atoms with Crippen molar-refractivity contribution in [3.63, 3.8) is 0 Å². The number of benzene rings is 3. The van der Waals surface area contributed by atoms with Crippen LogP contribution in [0.2, 0.25) is 0 Å². The van der Waals surface area contributed by atoms with Crippen LogP contribution in [0.15, 0.2) is 116 Å². The number of nitrogens with zero attached hydrogens (tertiary/aromatic N) is 6. The molecule has 0 spiro atoms. The van der Waals surface area contributed by atoms with Crippen molar-refractivity contribution in [3.05, 3.63) is 138 Å². The molecule has 0 saturated carbocycles. The number of para-hydroxylation sites is 2. The van der Waals surface area contributed by atoms with Gasteiger partial charge < -0.3 is 120 Å². The molecule has 5 heterocycles. The molecule has 42 nitrogen and oxygen atoms in total. The van der Waals surface area contributed by atoms with Gasteiger partial charge in [-0.05, 0) is 80.2 Å². The molecule has 2 saturated heterocycles. The second-order valence-corrected chi connectivity index (χ2v) is 33.0. The van der Waals surface area contributed by atoms with Crippen LogP contribution in [0.1, 0.15) is 95.0 Å². The molecule has 22 N–H and O–H groups in total. The molecule has 2 fully saturated rings. The number of nitrogens with two attached hydrogens (primary N) is 3. The standard InChI is InChI=1S/C85H116N24O18S/c1-9-10-27-67-84(127)106(6)42-70(113)96-57(26-18-29-91-85(88)89)75(118)104-65(74(117)94-40-69(87)112)44-128-45-72(115)98-61(32-49-20-12-11-13-21-49)81(124)107(7)48(4)73(116)100-63(36-68(86)111)83(126)109-30-19-28-66(109)79(122)99-59(35-52-39-90-46-95-52)77(120)101-60(31-47(2)3)80(123)105(5)41-71(114)97-58(33-50-37-92-55-24-16-14-22-53(50)55)76(119)103-64(43-110)78(121)102-62(82(125)108(67)8)34-51-38-93-56-25-17-15-23-54(51)56/h10-17,20-25,27,37-39,46-48,57-67,92-93,110H,9,18-19,26,28-36,40-45H2,1-8H3,(H2,86,111)(H2,87,112)(H,90,95)(H,94,117)(H,96,113)(H,97,114)(H,98,115)(H,99,122)(H,100,116)(H,101,120)(H,102,121)(H,103,119)(H,104,118)(H4,88,89,91)/b27-10+/t48-,57?,58-,59-,60-,61-,62-,63-,64-,65-,66-,67-/m0/s1. The van der Waals surface area contributed by atoms with E-state index in [4.69, 9.17) is 22.6 Å². The largest absolute Gasteiger partial charge is 0.394 e. The average molecular weight is 1790 g/mol. The number of fused-ring (bicyclic) bond motifs is 3. The first-order valence-electron chi connectivity index (χ1n) is 41.9. The number of carbonyl (C=O) groups excluding carboxylic acids is 17. The fourth-order valence-corrected chi connectivity index (χ4v) is 15.6. The summed E-state index contributed by atoms with van der Waals surface area (Å²) in [4.78, 5) is 264. The number of hydrogen-bond acceptors (Lipinski definition) is 21. The van der Waals surface area contributed by atoms with Crippen molar-refractivity contribution in [3.8, 4) is 0 Å². The minimum absolute atomic E-state index is 0.00543. The molecule has 1 unspecified atom stereocenters. The molecule has 2 aliphatic heterocycles. The van der Waals surface area contributed by atoms with Crippen LogP contribution in [-0.4, -0.2) is 307 Å². The molecule has 690 valence electrons. The molecule has 8 rings (SSSR count). The highest BCUT2D eigenvalue weighted by Gasteiger charge is 2.43. The number of amides is 17. The first-order valence-corrected chi connectivity index (χ1v) is 43.0. The number of nitrogens with one attached hydrogen (secondary N) is 15. The lowest BCUT2D eigenvalue weighted by molar-refractivity contribution is -0.145. The average Bonchev–Trinajstić information content (AvgIpc) is 1.57. The lowest BCUT2D eigenvalue weighted by atomic mass is 10.0. The Morgan fingerprint density at radius 2 is 1.12 bits per heavy atom. The fourth-order valence-electron chi connectivity index (χ4n) is 14.7. The van der Waals surface area contributed by atoms with Gasteiger partial charge >= 0.3 is 0 Å². The number of rotatable bonds is 22. The molecule has 17 amide bonds. The van der Waals surface area contributed by atoms with Crippen molar-refractivity contribution in [2.45, 2.75) is 171 Å². The van der Waals surface area contributed by atoms with Gasteiger partial charge in [0.15, 0.2) is 5.96 Å². The zero-order valence-electron chi connectivity index (χ0n) is 72.6. The van der Waals surface area contributed by atoms with E-state index in [1.165, 1.54) is 53.7 Å². The van der Waals surface area contributed by atoms with E-state index in [0.29, 0.717) is 50.6 Å². The molecule has 12 atom stereocenters. The van der Waals surface area contributed by atoms with Crippen molar-refractivity contribution in [2.75, 3.05) is 79.0 Å². The molecule has 0 radical (unpaired) electrons. The van der Waals surface area contributed by atoms with Crippen molar-refractivity contribution >= 4 is 140 Å². The summed E-state index contributed by atoms with van der Waals surface area (Å²) < 4.78 is 0. The number of likely N-dealkylation sites (N-methyl/N-ethyl adjacent to an activating group) is 4. The van der Waals surface area contributed by atoms with Crippen LogP contribution in [0, 0.1) is 11.3 Å². The van der Waals surface area contributed by atoms with E-state index >= 15 is 4.79 Å². The van der Waals surface area contributed by atoms with Gasteiger partial charge in [-0.2, -0.15) is 0 Å². The maximum atomic E-state index is 15.4. The van der Waals surface area contributed by atoms with E-state index < -0.39 is 223 Å². The van der Waals surface area contributed by atoms with Crippen molar-refractivity contribution < 1.29 is 86.6 Å². The van der Waals surface area contributed by atoms with Crippen LogP contribution in [-0.2, 0) is 107 Å². The Morgan fingerprint density at radius 3 is 1.71 bits per heavy atom. The molecule has 6 aromatic rings. The molecule has 2 aliphatic rings. The Hall–Kier alpha value is -13.7. The SMILES string of the molecule is CC/C=C/[C@H]1C(=O)N(C)CC(=O)NC(CCCNC(=N)N)C(=O)N[C@H](C(=O)NCC(N)=O)CSCC(=O)N[C@@H](Cc2ccccc2)C(=O)N(C)[C@@H](C)C(=O)N[C@@H](CC(N)=O)C(=O)N2CCC[C@H]2C(=O)N[C@@H](Cc2cnc[nH]2)C(=O)N[C@@H](CC(C)C)C(=O)N(C)CC(=O)N[C@@H](Cc2c[nH]c3ccccc23)C(=O)N[C@@H](CO)C(=O)N[C@@H](Cc2c[nH]c3ccccc23)C(=O)N1C. The third kappa shape index (κ3) is 28.9. The van der Waals surface area contributed by atoms with Crippen molar-refractivity contribution in [1.82, 2.24) is 103 Å². The summed E-state index contributed by atoms with van der Waals surface area (Å²) in [5, 5.41) is 48.7. The topological polar surface area (TPSA) is 621 Å². The second-order valence-electron chi connectivity index (χ2n) is 31.9. The van der Waals surface area contributed by atoms with Gasteiger partial charge in [0.25, 0.3) is 0 Å². The monoisotopic (exact) mass is 1790 g/mol.